The van der Waals surface area contributed by atoms with Gasteiger partial charge in [0.2, 0.25) is 0 Å². The van der Waals surface area contributed by atoms with Crippen LogP contribution in [0.3, 0.4) is 0 Å². The summed E-state index contributed by atoms with van der Waals surface area (Å²) in [6.07, 6.45) is 1.88. The lowest BCUT2D eigenvalue weighted by Crippen LogP contribution is -2.45. The first-order valence-corrected chi connectivity index (χ1v) is 6.39. The normalized spacial score (nSPS) is 15.1. The number of hydrogen-bond donors (Lipinski definition) is 1. The molecule has 0 saturated heterocycles. The Hall–Kier alpha value is -0.610. The molecule has 4 nitrogen and oxygen atoms in total. The topological polar surface area (TPSA) is 41.6 Å². The van der Waals surface area contributed by atoms with E-state index in [4.69, 9.17) is 4.74 Å². The number of esters is 1. The molecule has 2 atom stereocenters. The van der Waals surface area contributed by atoms with Gasteiger partial charge in [0.05, 0.1) is 7.11 Å². The second-order valence-corrected chi connectivity index (χ2v) is 5.14. The Morgan fingerprint density at radius 3 is 2.29 bits per heavy atom. The van der Waals surface area contributed by atoms with Gasteiger partial charge >= 0.3 is 5.97 Å². The summed E-state index contributed by atoms with van der Waals surface area (Å²) in [6.45, 7) is 7.24. The third-order valence-corrected chi connectivity index (χ3v) is 2.97. The molecule has 0 rings (SSSR count). The maximum absolute atomic E-state index is 11.4. The summed E-state index contributed by atoms with van der Waals surface area (Å²) in [4.78, 5) is 13.7. The number of carbonyl (C=O) groups excluding carboxylic acids is 1. The van der Waals surface area contributed by atoms with Crippen LogP contribution in [-0.4, -0.2) is 50.7 Å². The van der Waals surface area contributed by atoms with E-state index in [2.05, 4.69) is 38.2 Å². The lowest BCUT2D eigenvalue weighted by molar-refractivity contribution is -0.143. The van der Waals surface area contributed by atoms with Gasteiger partial charge in [-0.15, -0.1) is 0 Å². The minimum Gasteiger partial charge on any atom is -0.468 e. The van der Waals surface area contributed by atoms with Gasteiger partial charge in [-0.3, -0.25) is 4.79 Å². The van der Waals surface area contributed by atoms with Crippen LogP contribution in [0.4, 0.5) is 0 Å². The molecule has 4 heteroatoms. The minimum absolute atomic E-state index is 0.172. The highest BCUT2D eigenvalue weighted by Crippen LogP contribution is 2.08. The van der Waals surface area contributed by atoms with Gasteiger partial charge < -0.3 is 15.0 Å². The molecular weight excluding hydrogens is 216 g/mol. The van der Waals surface area contributed by atoms with Crippen molar-refractivity contribution in [2.75, 3.05) is 27.7 Å². The molecule has 0 aliphatic heterocycles. The molecule has 0 aromatic carbocycles. The first-order chi connectivity index (χ1) is 7.92. The average Bonchev–Trinajstić information content (AvgIpc) is 2.26. The predicted octanol–water partition coefficient (Wildman–Crippen LogP) is 1.50. The summed E-state index contributed by atoms with van der Waals surface area (Å²) < 4.78 is 4.76. The number of hydrogen-bond acceptors (Lipinski definition) is 4. The lowest BCUT2D eigenvalue weighted by atomic mass is 10.0. The van der Waals surface area contributed by atoms with Crippen molar-refractivity contribution in [3.8, 4) is 0 Å². The van der Waals surface area contributed by atoms with E-state index < -0.39 is 0 Å². The van der Waals surface area contributed by atoms with Crippen molar-refractivity contribution in [1.82, 2.24) is 10.2 Å². The molecule has 0 radical (unpaired) electrons. The van der Waals surface area contributed by atoms with Crippen molar-refractivity contribution in [3.63, 3.8) is 0 Å². The van der Waals surface area contributed by atoms with Crippen molar-refractivity contribution in [1.29, 1.82) is 0 Å². The molecule has 17 heavy (non-hydrogen) atoms. The first-order valence-electron chi connectivity index (χ1n) is 6.39. The quantitative estimate of drug-likeness (QED) is 0.657. The van der Waals surface area contributed by atoms with Crippen LogP contribution in [0, 0.1) is 5.92 Å². The fourth-order valence-electron chi connectivity index (χ4n) is 1.84. The van der Waals surface area contributed by atoms with E-state index in [1.807, 2.05) is 6.92 Å². The molecular formula is C13H28N2O2. The van der Waals surface area contributed by atoms with Gasteiger partial charge in [-0.1, -0.05) is 20.8 Å². The van der Waals surface area contributed by atoms with Crippen LogP contribution >= 0.6 is 0 Å². The van der Waals surface area contributed by atoms with Crippen molar-refractivity contribution >= 4 is 5.97 Å². The van der Waals surface area contributed by atoms with E-state index in [-0.39, 0.29) is 12.0 Å². The maximum atomic E-state index is 11.4. The van der Waals surface area contributed by atoms with Gasteiger partial charge in [0.1, 0.15) is 6.04 Å². The number of carbonyl (C=O) groups is 1. The van der Waals surface area contributed by atoms with Crippen LogP contribution in [-0.2, 0) is 9.53 Å². The number of methoxy groups -OCH3 is 1. The summed E-state index contributed by atoms with van der Waals surface area (Å²) in [5.74, 6) is 0.483. The molecule has 2 unspecified atom stereocenters. The van der Waals surface area contributed by atoms with Crippen LogP contribution in [0.1, 0.15) is 33.6 Å². The summed E-state index contributed by atoms with van der Waals surface area (Å²) in [7, 11) is 5.59. The SMILES string of the molecule is CCC(NCC(CC(C)C)N(C)C)C(=O)OC. The number of rotatable bonds is 8. The fraction of sp³-hybridized carbons (Fsp3) is 0.923. The van der Waals surface area contributed by atoms with Crippen molar-refractivity contribution in [3.05, 3.63) is 0 Å². The van der Waals surface area contributed by atoms with E-state index in [0.29, 0.717) is 12.0 Å². The molecule has 0 amide bonds. The molecule has 0 saturated carbocycles. The van der Waals surface area contributed by atoms with Gasteiger partial charge in [0.15, 0.2) is 0 Å². The van der Waals surface area contributed by atoms with Gasteiger partial charge in [-0.25, -0.2) is 0 Å². The molecule has 0 fully saturated rings. The number of ether oxygens (including phenoxy) is 1. The molecule has 0 spiro atoms. The van der Waals surface area contributed by atoms with E-state index in [1.54, 1.807) is 0 Å². The number of nitrogens with zero attached hydrogens (tertiary/aromatic N) is 1. The molecule has 0 aliphatic carbocycles. The second kappa shape index (κ2) is 8.48. The zero-order valence-electron chi connectivity index (χ0n) is 12.1. The molecule has 0 aromatic heterocycles. The van der Waals surface area contributed by atoms with E-state index in [9.17, 15) is 4.79 Å². The smallest absolute Gasteiger partial charge is 0.322 e. The highest BCUT2D eigenvalue weighted by Gasteiger charge is 2.19. The molecule has 1 N–H and O–H groups in total. The maximum Gasteiger partial charge on any atom is 0.322 e. The zero-order chi connectivity index (χ0) is 13.4. The summed E-state index contributed by atoms with van der Waals surface area (Å²) in [6, 6.07) is 0.267. The largest absolute Gasteiger partial charge is 0.468 e. The third kappa shape index (κ3) is 6.64. The second-order valence-electron chi connectivity index (χ2n) is 5.14. The minimum atomic E-state index is -0.186. The monoisotopic (exact) mass is 244 g/mol. The van der Waals surface area contributed by atoms with Crippen LogP contribution in [0.2, 0.25) is 0 Å². The molecule has 102 valence electrons. The van der Waals surface area contributed by atoms with Crippen molar-refractivity contribution in [2.24, 2.45) is 5.92 Å². The number of nitrogens with one attached hydrogen (secondary N) is 1. The van der Waals surface area contributed by atoms with Crippen LogP contribution < -0.4 is 5.32 Å². The van der Waals surface area contributed by atoms with Gasteiger partial charge in [0, 0.05) is 12.6 Å². The van der Waals surface area contributed by atoms with Crippen LogP contribution in [0.5, 0.6) is 0 Å². The zero-order valence-corrected chi connectivity index (χ0v) is 12.1. The Morgan fingerprint density at radius 2 is 1.94 bits per heavy atom. The van der Waals surface area contributed by atoms with Crippen LogP contribution in [0.25, 0.3) is 0 Å². The average molecular weight is 244 g/mol. The van der Waals surface area contributed by atoms with E-state index >= 15 is 0 Å². The fourth-order valence-corrected chi connectivity index (χ4v) is 1.84. The Morgan fingerprint density at radius 1 is 1.35 bits per heavy atom. The summed E-state index contributed by atoms with van der Waals surface area (Å²) in [5, 5.41) is 3.29. The predicted molar refractivity (Wildman–Crippen MR) is 71.0 cm³/mol. The van der Waals surface area contributed by atoms with Crippen LogP contribution in [0.15, 0.2) is 0 Å². The van der Waals surface area contributed by atoms with Crippen molar-refractivity contribution < 1.29 is 9.53 Å². The Labute approximate surface area is 106 Å². The molecule has 0 aromatic rings. The molecule has 0 bridgehead atoms. The molecule has 0 heterocycles. The van der Waals surface area contributed by atoms with Gasteiger partial charge in [-0.2, -0.15) is 0 Å². The van der Waals surface area contributed by atoms with E-state index in [0.717, 1.165) is 19.4 Å². The number of likely N-dealkylation sites (N-methyl/N-ethyl adjacent to an activating group) is 1. The summed E-state index contributed by atoms with van der Waals surface area (Å²) in [5.41, 5.74) is 0. The highest BCUT2D eigenvalue weighted by atomic mass is 16.5. The Kier molecular flexibility index (Phi) is 8.17. The van der Waals surface area contributed by atoms with Crippen molar-refractivity contribution in [2.45, 2.75) is 45.7 Å². The van der Waals surface area contributed by atoms with Gasteiger partial charge in [-0.05, 0) is 32.9 Å². The highest BCUT2D eigenvalue weighted by molar-refractivity contribution is 5.75. The van der Waals surface area contributed by atoms with Gasteiger partial charge in [0.25, 0.3) is 0 Å². The first kappa shape index (κ1) is 16.4. The lowest BCUT2D eigenvalue weighted by Gasteiger charge is -2.27. The Bertz CT molecular complexity index is 217. The van der Waals surface area contributed by atoms with E-state index in [1.165, 1.54) is 7.11 Å². The Balaban J connectivity index is 4.22. The standard InChI is InChI=1S/C13H28N2O2/c1-7-12(13(16)17-6)14-9-11(15(4)5)8-10(2)3/h10-12,14H,7-9H2,1-6H3. The third-order valence-electron chi connectivity index (χ3n) is 2.97. The molecule has 0 aliphatic rings. The summed E-state index contributed by atoms with van der Waals surface area (Å²) >= 11 is 0.